The third-order valence-corrected chi connectivity index (χ3v) is 4.91. The lowest BCUT2D eigenvalue weighted by Crippen LogP contribution is -2.06. The maximum Gasteiger partial charge on any atom is 0.337 e. The van der Waals surface area contributed by atoms with Gasteiger partial charge in [-0.15, -0.1) is 0 Å². The number of nitrogens with one attached hydrogen (secondary N) is 1. The second-order valence-corrected chi connectivity index (χ2v) is 6.62. The standard InChI is InChI=1S/C21H24N2O2/c1-15(22-23-20-10-6-5-9-19(20)21(24)25)16-11-13-18(14-12-16)17-7-3-2-4-8-17/h5-6,9-14,17,23H,2-4,7-8H2,1H3,(H,24,25)/b22-15-. The van der Waals surface area contributed by atoms with E-state index < -0.39 is 5.97 Å². The molecule has 1 aliphatic carbocycles. The summed E-state index contributed by atoms with van der Waals surface area (Å²) in [6.07, 6.45) is 6.61. The molecule has 0 saturated heterocycles. The number of hydrogen-bond donors (Lipinski definition) is 2. The summed E-state index contributed by atoms with van der Waals surface area (Å²) in [5.41, 5.74) is 6.87. The van der Waals surface area contributed by atoms with E-state index in [1.54, 1.807) is 24.3 Å². The van der Waals surface area contributed by atoms with Gasteiger partial charge in [-0.3, -0.25) is 5.43 Å². The fourth-order valence-electron chi connectivity index (χ4n) is 3.41. The lowest BCUT2D eigenvalue weighted by Gasteiger charge is -2.22. The molecule has 3 rings (SSSR count). The van der Waals surface area contributed by atoms with Crippen LogP contribution in [0, 0.1) is 0 Å². The third-order valence-electron chi connectivity index (χ3n) is 4.91. The number of para-hydroxylation sites is 1. The average Bonchev–Trinajstić information content (AvgIpc) is 2.67. The van der Waals surface area contributed by atoms with Crippen LogP contribution in [0.25, 0.3) is 0 Å². The van der Waals surface area contributed by atoms with Crippen molar-refractivity contribution in [2.24, 2.45) is 5.10 Å². The van der Waals surface area contributed by atoms with Gasteiger partial charge in [0.15, 0.2) is 0 Å². The van der Waals surface area contributed by atoms with Gasteiger partial charge in [0.1, 0.15) is 0 Å². The van der Waals surface area contributed by atoms with Gasteiger partial charge in [-0.2, -0.15) is 5.10 Å². The number of hydrazone groups is 1. The van der Waals surface area contributed by atoms with Gasteiger partial charge in [0.05, 0.1) is 17.0 Å². The van der Waals surface area contributed by atoms with Gasteiger partial charge in [0.2, 0.25) is 0 Å². The molecule has 2 aromatic carbocycles. The highest BCUT2D eigenvalue weighted by Crippen LogP contribution is 2.32. The Bertz CT molecular complexity index is 760. The van der Waals surface area contributed by atoms with Crippen LogP contribution in [0.5, 0.6) is 0 Å². The lowest BCUT2D eigenvalue weighted by molar-refractivity contribution is 0.0698. The van der Waals surface area contributed by atoms with E-state index in [4.69, 9.17) is 0 Å². The van der Waals surface area contributed by atoms with Gasteiger partial charge >= 0.3 is 5.97 Å². The zero-order valence-corrected chi connectivity index (χ0v) is 14.5. The summed E-state index contributed by atoms with van der Waals surface area (Å²) in [6.45, 7) is 1.92. The number of benzene rings is 2. The van der Waals surface area contributed by atoms with Crippen molar-refractivity contribution in [3.8, 4) is 0 Å². The Kier molecular flexibility index (Phi) is 5.49. The van der Waals surface area contributed by atoms with Gasteiger partial charge in [0, 0.05) is 0 Å². The van der Waals surface area contributed by atoms with Crippen LogP contribution in [-0.4, -0.2) is 16.8 Å². The highest BCUT2D eigenvalue weighted by Gasteiger charge is 2.15. The largest absolute Gasteiger partial charge is 0.478 e. The van der Waals surface area contributed by atoms with Gasteiger partial charge in [-0.1, -0.05) is 55.7 Å². The van der Waals surface area contributed by atoms with E-state index in [0.717, 1.165) is 11.3 Å². The summed E-state index contributed by atoms with van der Waals surface area (Å²) in [4.78, 5) is 11.2. The molecule has 1 fully saturated rings. The van der Waals surface area contributed by atoms with Crippen LogP contribution in [0.4, 0.5) is 5.69 Å². The quantitative estimate of drug-likeness (QED) is 0.577. The number of carboxylic acid groups (broad SMARTS) is 1. The molecule has 2 aromatic rings. The van der Waals surface area contributed by atoms with Crippen LogP contribution < -0.4 is 5.43 Å². The smallest absolute Gasteiger partial charge is 0.337 e. The Morgan fingerprint density at radius 3 is 2.40 bits per heavy atom. The van der Waals surface area contributed by atoms with Crippen molar-refractivity contribution in [2.75, 3.05) is 5.43 Å². The van der Waals surface area contributed by atoms with Gasteiger partial charge in [-0.05, 0) is 48.9 Å². The fourth-order valence-corrected chi connectivity index (χ4v) is 3.41. The highest BCUT2D eigenvalue weighted by molar-refractivity contribution is 5.99. The third kappa shape index (κ3) is 4.27. The summed E-state index contributed by atoms with van der Waals surface area (Å²) in [7, 11) is 0. The number of rotatable bonds is 5. The van der Waals surface area contributed by atoms with Gasteiger partial charge < -0.3 is 5.11 Å². The van der Waals surface area contributed by atoms with Crippen molar-refractivity contribution in [1.82, 2.24) is 0 Å². The molecule has 0 heterocycles. The molecule has 0 spiro atoms. The number of carboxylic acids is 1. The molecule has 4 nitrogen and oxygen atoms in total. The number of nitrogens with zero attached hydrogens (tertiary/aromatic N) is 1. The van der Waals surface area contributed by atoms with E-state index in [1.165, 1.54) is 37.7 Å². The predicted molar refractivity (Wildman–Crippen MR) is 102 cm³/mol. The maximum absolute atomic E-state index is 11.2. The van der Waals surface area contributed by atoms with Gasteiger partial charge in [-0.25, -0.2) is 4.79 Å². The molecule has 0 aliphatic heterocycles. The Balaban J connectivity index is 1.71. The van der Waals surface area contributed by atoms with Gasteiger partial charge in [0.25, 0.3) is 0 Å². The second-order valence-electron chi connectivity index (χ2n) is 6.62. The zero-order valence-electron chi connectivity index (χ0n) is 14.5. The van der Waals surface area contributed by atoms with E-state index in [-0.39, 0.29) is 5.56 Å². The first kappa shape index (κ1) is 17.2. The molecule has 1 saturated carbocycles. The molecule has 0 bridgehead atoms. The van der Waals surface area contributed by atoms with Crippen molar-refractivity contribution in [2.45, 2.75) is 44.9 Å². The molecule has 25 heavy (non-hydrogen) atoms. The topological polar surface area (TPSA) is 61.7 Å². The van der Waals surface area contributed by atoms with Crippen LogP contribution in [0.1, 0.15) is 66.4 Å². The van der Waals surface area contributed by atoms with E-state index in [9.17, 15) is 9.90 Å². The van der Waals surface area contributed by atoms with Crippen molar-refractivity contribution in [3.63, 3.8) is 0 Å². The summed E-state index contributed by atoms with van der Waals surface area (Å²) in [5, 5.41) is 13.6. The average molecular weight is 336 g/mol. The van der Waals surface area contributed by atoms with E-state index in [0.29, 0.717) is 11.6 Å². The predicted octanol–water partition coefficient (Wildman–Crippen LogP) is 5.27. The summed E-state index contributed by atoms with van der Waals surface area (Å²) in [5.74, 6) is -0.270. The molecule has 1 aliphatic rings. The fraction of sp³-hybridized carbons (Fsp3) is 0.333. The minimum Gasteiger partial charge on any atom is -0.478 e. The first-order valence-electron chi connectivity index (χ1n) is 8.88. The van der Waals surface area contributed by atoms with E-state index >= 15 is 0 Å². The maximum atomic E-state index is 11.2. The second kappa shape index (κ2) is 7.97. The Morgan fingerprint density at radius 1 is 1.04 bits per heavy atom. The van der Waals surface area contributed by atoms with E-state index in [2.05, 4.69) is 34.8 Å². The van der Waals surface area contributed by atoms with Crippen molar-refractivity contribution in [1.29, 1.82) is 0 Å². The van der Waals surface area contributed by atoms with Crippen LogP contribution >= 0.6 is 0 Å². The monoisotopic (exact) mass is 336 g/mol. The highest BCUT2D eigenvalue weighted by atomic mass is 16.4. The molecular weight excluding hydrogens is 312 g/mol. The molecule has 0 amide bonds. The summed E-state index contributed by atoms with van der Waals surface area (Å²) in [6, 6.07) is 15.4. The minimum atomic E-state index is -0.965. The van der Waals surface area contributed by atoms with Crippen LogP contribution in [-0.2, 0) is 0 Å². The molecular formula is C21H24N2O2. The zero-order chi connectivity index (χ0) is 17.6. The Hall–Kier alpha value is -2.62. The normalized spacial score (nSPS) is 15.8. The van der Waals surface area contributed by atoms with Crippen LogP contribution in [0.3, 0.4) is 0 Å². The SMILES string of the molecule is C/C(=N/Nc1ccccc1C(=O)O)c1ccc(C2CCCCC2)cc1. The van der Waals surface area contributed by atoms with Crippen molar-refractivity contribution in [3.05, 3.63) is 65.2 Å². The first-order chi connectivity index (χ1) is 12.1. The Labute approximate surface area is 148 Å². The molecule has 0 aromatic heterocycles. The molecule has 2 N–H and O–H groups in total. The van der Waals surface area contributed by atoms with Crippen LogP contribution in [0.15, 0.2) is 53.6 Å². The Morgan fingerprint density at radius 2 is 1.72 bits per heavy atom. The molecule has 0 radical (unpaired) electrons. The summed E-state index contributed by atoms with van der Waals surface area (Å²) >= 11 is 0. The van der Waals surface area contributed by atoms with Crippen molar-refractivity contribution < 1.29 is 9.90 Å². The summed E-state index contributed by atoms with van der Waals surface area (Å²) < 4.78 is 0. The number of anilines is 1. The lowest BCUT2D eigenvalue weighted by atomic mass is 9.84. The molecule has 130 valence electrons. The van der Waals surface area contributed by atoms with Crippen LogP contribution in [0.2, 0.25) is 0 Å². The molecule has 0 unspecified atom stereocenters. The molecule has 4 heteroatoms. The number of hydrogen-bond acceptors (Lipinski definition) is 3. The molecule has 0 atom stereocenters. The number of aromatic carboxylic acids is 1. The van der Waals surface area contributed by atoms with E-state index in [1.807, 2.05) is 6.92 Å². The minimum absolute atomic E-state index is 0.215. The first-order valence-corrected chi connectivity index (χ1v) is 8.88. The number of carbonyl (C=O) groups is 1. The van der Waals surface area contributed by atoms with Crippen molar-refractivity contribution >= 4 is 17.4 Å².